The molecule has 1 N–H and O–H groups in total. The molecule has 1 atom stereocenters. The lowest BCUT2D eigenvalue weighted by atomic mass is 9.98. The van der Waals surface area contributed by atoms with Crippen molar-refractivity contribution in [1.82, 2.24) is 15.1 Å². The molecule has 0 spiro atoms. The van der Waals surface area contributed by atoms with Gasteiger partial charge in [-0.3, -0.25) is 4.68 Å². The summed E-state index contributed by atoms with van der Waals surface area (Å²) >= 11 is 0. The summed E-state index contributed by atoms with van der Waals surface area (Å²) in [7, 11) is 1.97. The molecule has 3 heteroatoms. The van der Waals surface area contributed by atoms with Gasteiger partial charge in [0.2, 0.25) is 0 Å². The fourth-order valence-corrected chi connectivity index (χ4v) is 2.62. The van der Waals surface area contributed by atoms with Gasteiger partial charge in [0.1, 0.15) is 0 Å². The highest BCUT2D eigenvalue weighted by molar-refractivity contribution is 5.65. The van der Waals surface area contributed by atoms with Crippen molar-refractivity contribution >= 4 is 0 Å². The Morgan fingerprint density at radius 2 is 2.10 bits per heavy atom. The molecule has 0 saturated carbocycles. The first-order valence-electron chi connectivity index (χ1n) is 7.49. The van der Waals surface area contributed by atoms with Crippen LogP contribution >= 0.6 is 0 Å². The number of hydrogen-bond acceptors (Lipinski definition) is 2. The Hall–Kier alpha value is -1.61. The summed E-state index contributed by atoms with van der Waals surface area (Å²) in [6.07, 6.45) is 4.36. The molecule has 3 nitrogen and oxygen atoms in total. The lowest BCUT2D eigenvalue weighted by molar-refractivity contribution is 0.518. The number of aryl methyl sites for hydroxylation is 2. The Balaban J connectivity index is 2.29. The molecule has 20 heavy (non-hydrogen) atoms. The van der Waals surface area contributed by atoms with E-state index in [4.69, 9.17) is 0 Å². The lowest BCUT2D eigenvalue weighted by Crippen LogP contribution is -2.21. The second-order valence-electron chi connectivity index (χ2n) is 5.34. The zero-order valence-corrected chi connectivity index (χ0v) is 13.0. The summed E-state index contributed by atoms with van der Waals surface area (Å²) in [5.41, 5.74) is 4.92. The summed E-state index contributed by atoms with van der Waals surface area (Å²) in [6, 6.07) is 9.26. The van der Waals surface area contributed by atoms with E-state index >= 15 is 0 Å². The monoisotopic (exact) mass is 271 g/mol. The van der Waals surface area contributed by atoms with Crippen LogP contribution in [0.4, 0.5) is 0 Å². The first-order chi connectivity index (χ1) is 9.65. The lowest BCUT2D eigenvalue weighted by Gasteiger charge is -2.17. The van der Waals surface area contributed by atoms with Gasteiger partial charge in [-0.2, -0.15) is 5.10 Å². The molecule has 0 amide bonds. The highest BCUT2D eigenvalue weighted by Gasteiger charge is 2.11. The molecule has 108 valence electrons. The molecule has 0 radical (unpaired) electrons. The van der Waals surface area contributed by atoms with Gasteiger partial charge >= 0.3 is 0 Å². The van der Waals surface area contributed by atoms with Crippen molar-refractivity contribution in [3.05, 3.63) is 41.7 Å². The maximum atomic E-state index is 4.43. The van der Waals surface area contributed by atoms with Crippen LogP contribution in [0.1, 0.15) is 44.0 Å². The van der Waals surface area contributed by atoms with Crippen LogP contribution in [0.25, 0.3) is 11.1 Å². The van der Waals surface area contributed by atoms with Crippen LogP contribution in [-0.4, -0.2) is 16.3 Å². The van der Waals surface area contributed by atoms with E-state index < -0.39 is 0 Å². The number of aromatic nitrogens is 2. The first kappa shape index (κ1) is 14.8. The Morgan fingerprint density at radius 3 is 2.70 bits per heavy atom. The van der Waals surface area contributed by atoms with Gasteiger partial charge in [0.05, 0.1) is 5.69 Å². The van der Waals surface area contributed by atoms with Crippen molar-refractivity contribution in [3.8, 4) is 11.1 Å². The molecule has 1 aromatic carbocycles. The van der Waals surface area contributed by atoms with Crippen LogP contribution in [0, 0.1) is 6.92 Å². The molecule has 0 bridgehead atoms. The van der Waals surface area contributed by atoms with E-state index in [2.05, 4.69) is 61.6 Å². The van der Waals surface area contributed by atoms with Crippen LogP contribution in [0.2, 0.25) is 0 Å². The summed E-state index contributed by atoms with van der Waals surface area (Å²) in [4.78, 5) is 0. The maximum absolute atomic E-state index is 4.43. The van der Waals surface area contributed by atoms with Crippen LogP contribution in [-0.2, 0) is 7.05 Å². The third-order valence-electron chi connectivity index (χ3n) is 3.66. The highest BCUT2D eigenvalue weighted by Crippen LogP contribution is 2.26. The fourth-order valence-electron chi connectivity index (χ4n) is 2.62. The van der Waals surface area contributed by atoms with Gasteiger partial charge in [-0.05, 0) is 43.5 Å². The molecule has 0 aliphatic carbocycles. The van der Waals surface area contributed by atoms with Crippen LogP contribution in [0.3, 0.4) is 0 Å². The van der Waals surface area contributed by atoms with Crippen LogP contribution < -0.4 is 5.32 Å². The average molecular weight is 271 g/mol. The zero-order chi connectivity index (χ0) is 14.5. The maximum Gasteiger partial charge on any atom is 0.0671 e. The summed E-state index contributed by atoms with van der Waals surface area (Å²) in [5.74, 6) is 0. The van der Waals surface area contributed by atoms with Gasteiger partial charge in [0.15, 0.2) is 0 Å². The van der Waals surface area contributed by atoms with E-state index in [9.17, 15) is 0 Å². The van der Waals surface area contributed by atoms with Crippen molar-refractivity contribution in [3.63, 3.8) is 0 Å². The predicted molar refractivity (Wildman–Crippen MR) is 84.7 cm³/mol. The van der Waals surface area contributed by atoms with Crippen molar-refractivity contribution < 1.29 is 0 Å². The average Bonchev–Trinajstić information content (AvgIpc) is 2.79. The van der Waals surface area contributed by atoms with Gasteiger partial charge in [0.25, 0.3) is 0 Å². The summed E-state index contributed by atoms with van der Waals surface area (Å²) < 4.78 is 1.88. The smallest absolute Gasteiger partial charge is 0.0671 e. The topological polar surface area (TPSA) is 29.9 Å². The molecule has 0 saturated heterocycles. The number of hydrogen-bond donors (Lipinski definition) is 1. The third-order valence-corrected chi connectivity index (χ3v) is 3.66. The Labute approximate surface area is 122 Å². The van der Waals surface area contributed by atoms with Crippen molar-refractivity contribution in [1.29, 1.82) is 0 Å². The molecular formula is C17H25N3. The molecular weight excluding hydrogens is 246 g/mol. The molecule has 0 aliphatic heterocycles. The summed E-state index contributed by atoms with van der Waals surface area (Å²) in [6.45, 7) is 7.56. The Morgan fingerprint density at radius 1 is 1.30 bits per heavy atom. The van der Waals surface area contributed by atoms with Gasteiger partial charge in [0, 0.05) is 24.8 Å². The molecule has 1 heterocycles. The second-order valence-corrected chi connectivity index (χ2v) is 5.34. The number of rotatable bonds is 6. The fraction of sp³-hybridized carbons (Fsp3) is 0.471. The molecule has 2 rings (SSSR count). The molecule has 0 aliphatic rings. The van der Waals surface area contributed by atoms with E-state index in [0.29, 0.717) is 6.04 Å². The van der Waals surface area contributed by atoms with Crippen molar-refractivity contribution in [2.45, 2.75) is 39.7 Å². The predicted octanol–water partition coefficient (Wildman–Crippen LogP) is 3.85. The SMILES string of the molecule is CCCNC(CC)c1cccc(-c2cn(C)nc2C)c1. The normalized spacial score (nSPS) is 12.6. The van der Waals surface area contributed by atoms with E-state index in [1.807, 2.05) is 11.7 Å². The Bertz CT molecular complexity index is 557. The second kappa shape index (κ2) is 6.71. The van der Waals surface area contributed by atoms with Gasteiger partial charge in [-0.15, -0.1) is 0 Å². The number of nitrogens with zero attached hydrogens (tertiary/aromatic N) is 2. The minimum atomic E-state index is 0.437. The number of nitrogens with one attached hydrogen (secondary N) is 1. The van der Waals surface area contributed by atoms with Crippen molar-refractivity contribution in [2.24, 2.45) is 7.05 Å². The van der Waals surface area contributed by atoms with Crippen LogP contribution in [0.15, 0.2) is 30.5 Å². The van der Waals surface area contributed by atoms with Gasteiger partial charge in [-0.25, -0.2) is 0 Å². The van der Waals surface area contributed by atoms with E-state index in [-0.39, 0.29) is 0 Å². The van der Waals surface area contributed by atoms with E-state index in [1.54, 1.807) is 0 Å². The van der Waals surface area contributed by atoms with Gasteiger partial charge in [-0.1, -0.05) is 32.0 Å². The quantitative estimate of drug-likeness (QED) is 0.865. The summed E-state index contributed by atoms with van der Waals surface area (Å²) in [5, 5.41) is 8.05. The minimum absolute atomic E-state index is 0.437. The van der Waals surface area contributed by atoms with E-state index in [0.717, 1.165) is 25.1 Å². The molecule has 1 unspecified atom stereocenters. The van der Waals surface area contributed by atoms with Gasteiger partial charge < -0.3 is 5.32 Å². The minimum Gasteiger partial charge on any atom is -0.310 e. The Kier molecular flexibility index (Phi) is 4.96. The standard InChI is InChI=1S/C17H25N3/c1-5-10-18-17(6-2)15-9-7-8-14(11-15)16-12-20(4)19-13(16)3/h7-9,11-12,17-18H,5-6,10H2,1-4H3. The highest BCUT2D eigenvalue weighted by atomic mass is 15.2. The van der Waals surface area contributed by atoms with E-state index in [1.165, 1.54) is 16.7 Å². The molecule has 2 aromatic rings. The number of benzene rings is 1. The van der Waals surface area contributed by atoms with Crippen LogP contribution in [0.5, 0.6) is 0 Å². The first-order valence-corrected chi connectivity index (χ1v) is 7.49. The zero-order valence-electron chi connectivity index (χ0n) is 13.0. The third kappa shape index (κ3) is 3.28. The van der Waals surface area contributed by atoms with Crippen molar-refractivity contribution in [2.75, 3.05) is 6.54 Å². The largest absolute Gasteiger partial charge is 0.310 e. The molecule has 0 fully saturated rings. The molecule has 1 aromatic heterocycles.